The zero-order valence-corrected chi connectivity index (χ0v) is 10.4. The standard InChI is InChI=1S/C12H11ClN4O/c1-7-2-3-9(6-15-7)16-12(18)8-4-10(13)17-11(14)5-8/h2-6H,1H3,(H2,14,17)(H,16,18). The minimum absolute atomic E-state index is 0.183. The molecule has 0 saturated carbocycles. The Morgan fingerprint density at radius 3 is 2.78 bits per heavy atom. The van der Waals surface area contributed by atoms with Gasteiger partial charge in [0, 0.05) is 11.3 Å². The van der Waals surface area contributed by atoms with Gasteiger partial charge >= 0.3 is 0 Å². The van der Waals surface area contributed by atoms with E-state index in [2.05, 4.69) is 15.3 Å². The van der Waals surface area contributed by atoms with Crippen LogP contribution < -0.4 is 11.1 Å². The number of nitrogens with one attached hydrogen (secondary N) is 1. The summed E-state index contributed by atoms with van der Waals surface area (Å²) in [4.78, 5) is 19.8. The number of hydrogen-bond donors (Lipinski definition) is 2. The summed E-state index contributed by atoms with van der Waals surface area (Å²) in [6, 6.07) is 6.49. The van der Waals surface area contributed by atoms with E-state index in [-0.39, 0.29) is 16.9 Å². The van der Waals surface area contributed by atoms with Gasteiger partial charge in [0.1, 0.15) is 11.0 Å². The summed E-state index contributed by atoms with van der Waals surface area (Å²) < 4.78 is 0. The van der Waals surface area contributed by atoms with Crippen LogP contribution in [0, 0.1) is 6.92 Å². The van der Waals surface area contributed by atoms with E-state index in [0.717, 1.165) is 5.69 Å². The normalized spacial score (nSPS) is 10.1. The van der Waals surface area contributed by atoms with Gasteiger partial charge in [-0.3, -0.25) is 9.78 Å². The van der Waals surface area contributed by atoms with Crippen LogP contribution in [0.15, 0.2) is 30.5 Å². The lowest BCUT2D eigenvalue weighted by atomic mass is 10.2. The van der Waals surface area contributed by atoms with Crippen LogP contribution in [0.25, 0.3) is 0 Å². The van der Waals surface area contributed by atoms with Gasteiger partial charge in [-0.05, 0) is 31.2 Å². The molecule has 0 bridgehead atoms. The Morgan fingerprint density at radius 1 is 1.39 bits per heavy atom. The number of amides is 1. The Kier molecular flexibility index (Phi) is 3.43. The monoisotopic (exact) mass is 262 g/mol. The topological polar surface area (TPSA) is 80.9 Å². The highest BCUT2D eigenvalue weighted by atomic mass is 35.5. The van der Waals surface area contributed by atoms with E-state index in [1.807, 2.05) is 13.0 Å². The van der Waals surface area contributed by atoms with Crippen LogP contribution in [0.5, 0.6) is 0 Å². The number of carbonyl (C=O) groups is 1. The predicted molar refractivity (Wildman–Crippen MR) is 70.6 cm³/mol. The number of pyridine rings is 2. The van der Waals surface area contributed by atoms with Gasteiger partial charge in [-0.1, -0.05) is 11.6 Å². The van der Waals surface area contributed by atoms with Crippen molar-refractivity contribution in [1.29, 1.82) is 0 Å². The smallest absolute Gasteiger partial charge is 0.255 e. The quantitative estimate of drug-likeness (QED) is 0.814. The van der Waals surface area contributed by atoms with Crippen molar-refractivity contribution in [3.63, 3.8) is 0 Å². The largest absolute Gasteiger partial charge is 0.384 e. The number of hydrogen-bond acceptors (Lipinski definition) is 4. The molecule has 0 aliphatic heterocycles. The summed E-state index contributed by atoms with van der Waals surface area (Å²) in [5.74, 6) is -0.105. The molecule has 3 N–H and O–H groups in total. The third kappa shape index (κ3) is 2.95. The molecule has 0 spiro atoms. The number of rotatable bonds is 2. The fraction of sp³-hybridized carbons (Fsp3) is 0.0833. The second-order valence-corrected chi connectivity index (χ2v) is 4.13. The van der Waals surface area contributed by atoms with Gasteiger partial charge in [-0.15, -0.1) is 0 Å². The average molecular weight is 263 g/mol. The fourth-order valence-electron chi connectivity index (χ4n) is 1.39. The minimum atomic E-state index is -0.309. The molecule has 0 aliphatic rings. The predicted octanol–water partition coefficient (Wildman–Crippen LogP) is 2.27. The number of anilines is 2. The Morgan fingerprint density at radius 2 is 2.17 bits per heavy atom. The molecule has 0 saturated heterocycles. The molecule has 0 aliphatic carbocycles. The highest BCUT2D eigenvalue weighted by molar-refractivity contribution is 6.30. The number of aryl methyl sites for hydroxylation is 1. The van der Waals surface area contributed by atoms with Crippen LogP contribution in [-0.4, -0.2) is 15.9 Å². The van der Waals surface area contributed by atoms with E-state index in [4.69, 9.17) is 17.3 Å². The van der Waals surface area contributed by atoms with Crippen LogP contribution in [0.4, 0.5) is 11.5 Å². The SMILES string of the molecule is Cc1ccc(NC(=O)c2cc(N)nc(Cl)c2)cn1. The number of halogens is 1. The third-order valence-electron chi connectivity index (χ3n) is 2.25. The van der Waals surface area contributed by atoms with Gasteiger partial charge in [-0.25, -0.2) is 4.98 Å². The van der Waals surface area contributed by atoms with Crippen LogP contribution in [0.3, 0.4) is 0 Å². The molecule has 18 heavy (non-hydrogen) atoms. The van der Waals surface area contributed by atoms with Crippen molar-refractivity contribution in [2.24, 2.45) is 0 Å². The van der Waals surface area contributed by atoms with Crippen LogP contribution in [0.1, 0.15) is 16.1 Å². The van der Waals surface area contributed by atoms with Crippen molar-refractivity contribution in [3.8, 4) is 0 Å². The summed E-state index contributed by atoms with van der Waals surface area (Å²) in [6.45, 7) is 1.87. The van der Waals surface area contributed by atoms with Gasteiger partial charge in [0.15, 0.2) is 0 Å². The molecule has 0 fully saturated rings. The van der Waals surface area contributed by atoms with E-state index in [9.17, 15) is 4.79 Å². The van der Waals surface area contributed by atoms with Crippen molar-refractivity contribution in [2.45, 2.75) is 6.92 Å². The van der Waals surface area contributed by atoms with Gasteiger partial charge in [0.25, 0.3) is 5.91 Å². The van der Waals surface area contributed by atoms with Crippen molar-refractivity contribution in [3.05, 3.63) is 46.9 Å². The molecular weight excluding hydrogens is 252 g/mol. The van der Waals surface area contributed by atoms with Crippen molar-refractivity contribution in [2.75, 3.05) is 11.1 Å². The van der Waals surface area contributed by atoms with Gasteiger partial charge in [0.05, 0.1) is 11.9 Å². The van der Waals surface area contributed by atoms with Crippen molar-refractivity contribution in [1.82, 2.24) is 9.97 Å². The number of carbonyl (C=O) groups excluding carboxylic acids is 1. The van der Waals surface area contributed by atoms with Gasteiger partial charge in [0.2, 0.25) is 0 Å². The van der Waals surface area contributed by atoms with Crippen molar-refractivity contribution < 1.29 is 4.79 Å². The Bertz CT molecular complexity index is 563. The first kappa shape index (κ1) is 12.3. The minimum Gasteiger partial charge on any atom is -0.384 e. The zero-order valence-electron chi connectivity index (χ0n) is 9.64. The lowest BCUT2D eigenvalue weighted by Crippen LogP contribution is -2.13. The second-order valence-electron chi connectivity index (χ2n) is 3.75. The maximum Gasteiger partial charge on any atom is 0.255 e. The average Bonchev–Trinajstić information content (AvgIpc) is 2.31. The summed E-state index contributed by atoms with van der Waals surface area (Å²) in [5, 5.41) is 2.88. The number of nitrogen functional groups attached to an aromatic ring is 1. The Hall–Kier alpha value is -2.14. The number of aromatic nitrogens is 2. The molecule has 92 valence electrons. The Labute approximate surface area is 109 Å². The highest BCUT2D eigenvalue weighted by Crippen LogP contribution is 2.14. The fourth-order valence-corrected chi connectivity index (χ4v) is 1.61. The first-order chi connectivity index (χ1) is 8.54. The Balaban J connectivity index is 2.19. The highest BCUT2D eigenvalue weighted by Gasteiger charge is 2.08. The molecule has 0 radical (unpaired) electrons. The molecule has 1 amide bonds. The summed E-state index contributed by atoms with van der Waals surface area (Å²) >= 11 is 5.73. The van der Waals surface area contributed by atoms with E-state index < -0.39 is 0 Å². The van der Waals surface area contributed by atoms with Gasteiger partial charge < -0.3 is 11.1 Å². The molecule has 2 aromatic rings. The summed E-state index contributed by atoms with van der Waals surface area (Å²) in [6.07, 6.45) is 1.58. The molecule has 2 aromatic heterocycles. The van der Waals surface area contributed by atoms with E-state index in [1.54, 1.807) is 12.3 Å². The molecule has 0 atom stereocenters. The van der Waals surface area contributed by atoms with Crippen LogP contribution in [0.2, 0.25) is 5.15 Å². The van der Waals surface area contributed by atoms with E-state index >= 15 is 0 Å². The van der Waals surface area contributed by atoms with Crippen LogP contribution >= 0.6 is 11.6 Å². The van der Waals surface area contributed by atoms with E-state index in [0.29, 0.717) is 11.3 Å². The first-order valence-corrected chi connectivity index (χ1v) is 5.59. The molecule has 6 heteroatoms. The maximum absolute atomic E-state index is 11.9. The molecule has 0 aromatic carbocycles. The lowest BCUT2D eigenvalue weighted by molar-refractivity contribution is 0.102. The first-order valence-electron chi connectivity index (χ1n) is 5.21. The maximum atomic E-state index is 11.9. The number of nitrogens with two attached hydrogens (primary N) is 1. The van der Waals surface area contributed by atoms with E-state index in [1.165, 1.54) is 12.1 Å². The molecule has 5 nitrogen and oxygen atoms in total. The summed E-state index contributed by atoms with van der Waals surface area (Å²) in [5.41, 5.74) is 7.36. The zero-order chi connectivity index (χ0) is 13.1. The van der Waals surface area contributed by atoms with Crippen molar-refractivity contribution >= 4 is 29.0 Å². The third-order valence-corrected chi connectivity index (χ3v) is 2.44. The lowest BCUT2D eigenvalue weighted by Gasteiger charge is -2.06. The molecular formula is C12H11ClN4O. The second kappa shape index (κ2) is 5.01. The molecule has 0 unspecified atom stereocenters. The molecule has 2 rings (SSSR count). The molecule has 2 heterocycles. The summed E-state index contributed by atoms with van der Waals surface area (Å²) in [7, 11) is 0. The number of nitrogens with zero attached hydrogens (tertiary/aromatic N) is 2. The van der Waals surface area contributed by atoms with Gasteiger partial charge in [-0.2, -0.15) is 0 Å². The van der Waals surface area contributed by atoms with Crippen LogP contribution in [-0.2, 0) is 0 Å².